The van der Waals surface area contributed by atoms with Gasteiger partial charge in [-0.2, -0.15) is 5.10 Å². The fourth-order valence-electron chi connectivity index (χ4n) is 1.76. The van der Waals surface area contributed by atoms with Crippen molar-refractivity contribution in [1.29, 1.82) is 0 Å². The van der Waals surface area contributed by atoms with Gasteiger partial charge in [0.1, 0.15) is 5.69 Å². The SMILES string of the molecule is COc1cn(-c2cccc(Br)c2F)nc(C(=O)N(C)C)c1=O. The van der Waals surface area contributed by atoms with Crippen molar-refractivity contribution in [3.05, 3.63) is 50.6 Å². The van der Waals surface area contributed by atoms with E-state index in [0.29, 0.717) is 0 Å². The molecule has 0 aliphatic carbocycles. The molecule has 1 amide bonds. The fourth-order valence-corrected chi connectivity index (χ4v) is 2.11. The van der Waals surface area contributed by atoms with Crippen LogP contribution in [0.3, 0.4) is 0 Å². The second kappa shape index (κ2) is 6.27. The van der Waals surface area contributed by atoms with E-state index >= 15 is 0 Å². The number of ether oxygens (including phenoxy) is 1. The Morgan fingerprint density at radius 2 is 2.09 bits per heavy atom. The Morgan fingerprint density at radius 1 is 1.41 bits per heavy atom. The summed E-state index contributed by atoms with van der Waals surface area (Å²) >= 11 is 3.08. The van der Waals surface area contributed by atoms with Crippen molar-refractivity contribution in [1.82, 2.24) is 14.7 Å². The quantitative estimate of drug-likeness (QED) is 0.827. The highest BCUT2D eigenvalue weighted by molar-refractivity contribution is 9.10. The van der Waals surface area contributed by atoms with Gasteiger partial charge in [-0.05, 0) is 28.1 Å². The van der Waals surface area contributed by atoms with E-state index in [4.69, 9.17) is 4.74 Å². The fraction of sp³-hybridized carbons (Fsp3) is 0.214. The summed E-state index contributed by atoms with van der Waals surface area (Å²) in [4.78, 5) is 25.4. The summed E-state index contributed by atoms with van der Waals surface area (Å²) in [5.74, 6) is -1.25. The molecule has 1 aromatic carbocycles. The average molecular weight is 370 g/mol. The van der Waals surface area contributed by atoms with Crippen LogP contribution in [-0.2, 0) is 0 Å². The molecule has 8 heteroatoms. The molecule has 22 heavy (non-hydrogen) atoms. The maximum absolute atomic E-state index is 14.2. The number of amides is 1. The molecule has 0 fully saturated rings. The predicted octanol–water partition coefficient (Wildman–Crippen LogP) is 1.84. The zero-order valence-electron chi connectivity index (χ0n) is 12.1. The molecule has 2 rings (SSSR count). The van der Waals surface area contributed by atoms with E-state index in [2.05, 4.69) is 21.0 Å². The van der Waals surface area contributed by atoms with Gasteiger partial charge < -0.3 is 9.64 Å². The maximum Gasteiger partial charge on any atom is 0.278 e. The smallest absolute Gasteiger partial charge is 0.278 e. The van der Waals surface area contributed by atoms with Crippen molar-refractivity contribution in [2.75, 3.05) is 21.2 Å². The first-order valence-corrected chi connectivity index (χ1v) is 7.00. The first kappa shape index (κ1) is 16.2. The van der Waals surface area contributed by atoms with E-state index in [-0.39, 0.29) is 21.6 Å². The van der Waals surface area contributed by atoms with Crippen molar-refractivity contribution in [2.24, 2.45) is 0 Å². The Labute approximate surface area is 134 Å². The van der Waals surface area contributed by atoms with E-state index in [1.807, 2.05) is 0 Å². The van der Waals surface area contributed by atoms with E-state index in [1.165, 1.54) is 44.4 Å². The predicted molar refractivity (Wildman–Crippen MR) is 82.1 cm³/mol. The van der Waals surface area contributed by atoms with Gasteiger partial charge in [-0.25, -0.2) is 9.07 Å². The van der Waals surface area contributed by atoms with Crippen LogP contribution in [0.4, 0.5) is 4.39 Å². The van der Waals surface area contributed by atoms with Gasteiger partial charge in [-0.1, -0.05) is 6.07 Å². The van der Waals surface area contributed by atoms with E-state index in [0.717, 1.165) is 4.68 Å². The number of carbonyl (C=O) groups is 1. The molecule has 2 aromatic rings. The lowest BCUT2D eigenvalue weighted by Gasteiger charge is -2.13. The summed E-state index contributed by atoms with van der Waals surface area (Å²) in [6, 6.07) is 4.62. The van der Waals surface area contributed by atoms with E-state index in [1.54, 1.807) is 6.07 Å². The Balaban J connectivity index is 2.73. The lowest BCUT2D eigenvalue weighted by Crippen LogP contribution is -2.31. The molecular weight excluding hydrogens is 357 g/mol. The highest BCUT2D eigenvalue weighted by Crippen LogP contribution is 2.21. The maximum atomic E-state index is 14.2. The summed E-state index contributed by atoms with van der Waals surface area (Å²) in [6.45, 7) is 0. The first-order valence-electron chi connectivity index (χ1n) is 6.20. The standard InChI is InChI=1S/C14H13BrFN3O3/c1-18(2)14(21)12-13(20)10(22-3)7-19(17-12)9-6-4-5-8(15)11(9)16/h4-7H,1-3H3. The van der Waals surface area contributed by atoms with E-state index in [9.17, 15) is 14.0 Å². The number of rotatable bonds is 3. The molecule has 0 saturated heterocycles. The molecule has 0 atom stereocenters. The normalized spacial score (nSPS) is 10.4. The topological polar surface area (TPSA) is 64.4 Å². The van der Waals surface area contributed by atoms with Crippen LogP contribution in [0.2, 0.25) is 0 Å². The minimum Gasteiger partial charge on any atom is -0.491 e. The Morgan fingerprint density at radius 3 is 2.68 bits per heavy atom. The molecule has 0 bridgehead atoms. The molecule has 116 valence electrons. The van der Waals surface area contributed by atoms with Crippen molar-refractivity contribution in [3.8, 4) is 11.4 Å². The summed E-state index contributed by atoms with van der Waals surface area (Å²) in [5.41, 5.74) is -0.905. The second-order valence-electron chi connectivity index (χ2n) is 4.59. The average Bonchev–Trinajstić information content (AvgIpc) is 2.49. The van der Waals surface area contributed by atoms with Crippen molar-refractivity contribution < 1.29 is 13.9 Å². The minimum absolute atomic E-state index is 0.0838. The van der Waals surface area contributed by atoms with E-state index < -0.39 is 17.2 Å². The molecule has 0 spiro atoms. The summed E-state index contributed by atoms with van der Waals surface area (Å²) in [5, 5.41) is 3.95. The molecule has 0 aliphatic rings. The van der Waals surface area contributed by atoms with Gasteiger partial charge in [0, 0.05) is 14.1 Å². The van der Waals surface area contributed by atoms with Gasteiger partial charge in [0.15, 0.2) is 17.3 Å². The van der Waals surface area contributed by atoms with Gasteiger partial charge in [-0.3, -0.25) is 9.59 Å². The number of halogens is 2. The van der Waals surface area contributed by atoms with Gasteiger partial charge in [-0.15, -0.1) is 0 Å². The highest BCUT2D eigenvalue weighted by atomic mass is 79.9. The van der Waals surface area contributed by atoms with Gasteiger partial charge in [0.2, 0.25) is 0 Å². The molecule has 0 radical (unpaired) electrons. The molecule has 1 heterocycles. The third kappa shape index (κ3) is 2.87. The van der Waals surface area contributed by atoms with Crippen LogP contribution in [0.15, 0.2) is 33.7 Å². The summed E-state index contributed by atoms with van der Waals surface area (Å²) < 4.78 is 20.5. The van der Waals surface area contributed by atoms with Crippen LogP contribution in [-0.4, -0.2) is 41.8 Å². The van der Waals surface area contributed by atoms with Crippen LogP contribution < -0.4 is 10.2 Å². The van der Waals surface area contributed by atoms with Crippen LogP contribution in [0.1, 0.15) is 10.5 Å². The Hall–Kier alpha value is -2.22. The van der Waals surface area contributed by atoms with Crippen molar-refractivity contribution in [3.63, 3.8) is 0 Å². The molecular formula is C14H13BrFN3O3. The van der Waals surface area contributed by atoms with Crippen molar-refractivity contribution in [2.45, 2.75) is 0 Å². The number of hydrogen-bond donors (Lipinski definition) is 0. The summed E-state index contributed by atoms with van der Waals surface area (Å²) in [7, 11) is 4.28. The third-order valence-corrected chi connectivity index (χ3v) is 3.51. The zero-order chi connectivity index (χ0) is 16.4. The molecule has 0 saturated carbocycles. The van der Waals surface area contributed by atoms with Crippen LogP contribution in [0, 0.1) is 5.82 Å². The molecule has 1 aromatic heterocycles. The zero-order valence-corrected chi connectivity index (χ0v) is 13.7. The minimum atomic E-state index is -0.646. The number of benzene rings is 1. The van der Waals surface area contributed by atoms with Crippen molar-refractivity contribution >= 4 is 21.8 Å². The lowest BCUT2D eigenvalue weighted by molar-refractivity contribution is 0.0818. The molecule has 6 nitrogen and oxygen atoms in total. The third-order valence-electron chi connectivity index (χ3n) is 2.89. The van der Waals surface area contributed by atoms with Gasteiger partial charge >= 0.3 is 0 Å². The molecule has 0 aliphatic heterocycles. The number of carbonyl (C=O) groups excluding carboxylic acids is 1. The number of hydrogen-bond acceptors (Lipinski definition) is 4. The first-order chi connectivity index (χ1) is 10.4. The highest BCUT2D eigenvalue weighted by Gasteiger charge is 2.20. The Bertz CT molecular complexity index is 789. The summed E-state index contributed by atoms with van der Waals surface area (Å²) in [6.07, 6.45) is 1.24. The van der Waals surface area contributed by atoms with Crippen LogP contribution >= 0.6 is 15.9 Å². The number of aromatic nitrogens is 2. The van der Waals surface area contributed by atoms with Gasteiger partial charge in [0.25, 0.3) is 11.3 Å². The van der Waals surface area contributed by atoms with Gasteiger partial charge in [0.05, 0.1) is 17.8 Å². The molecule has 0 N–H and O–H groups in total. The number of methoxy groups -OCH3 is 1. The van der Waals surface area contributed by atoms with Crippen LogP contribution in [0.5, 0.6) is 5.75 Å². The lowest BCUT2D eigenvalue weighted by atomic mass is 10.3. The Kier molecular flexibility index (Phi) is 4.60. The molecule has 0 unspecified atom stereocenters. The number of nitrogens with zero attached hydrogens (tertiary/aromatic N) is 3. The largest absolute Gasteiger partial charge is 0.491 e. The second-order valence-corrected chi connectivity index (χ2v) is 5.45. The monoisotopic (exact) mass is 369 g/mol. The van der Waals surface area contributed by atoms with Crippen LogP contribution in [0.25, 0.3) is 5.69 Å².